The van der Waals surface area contributed by atoms with Gasteiger partial charge in [-0.3, -0.25) is 9.59 Å². The molecule has 0 saturated heterocycles. The van der Waals surface area contributed by atoms with Crippen molar-refractivity contribution < 1.29 is 24.9 Å². The van der Waals surface area contributed by atoms with Crippen molar-refractivity contribution in [1.82, 2.24) is 0 Å². The van der Waals surface area contributed by atoms with Gasteiger partial charge in [0.15, 0.2) is 5.78 Å². The van der Waals surface area contributed by atoms with Crippen molar-refractivity contribution in [1.29, 1.82) is 0 Å². The predicted octanol–water partition coefficient (Wildman–Crippen LogP) is 9.58. The molecule has 0 bridgehead atoms. The Balaban J connectivity index is 4.14. The summed E-state index contributed by atoms with van der Waals surface area (Å²) in [6.45, 7) is 3.80. The van der Waals surface area contributed by atoms with Crippen molar-refractivity contribution in [2.75, 3.05) is 6.61 Å². The second-order valence-electron chi connectivity index (χ2n) is 12.6. The first-order chi connectivity index (χ1) is 20.5. The maximum atomic E-state index is 13.0. The summed E-state index contributed by atoms with van der Waals surface area (Å²) in [5.74, 6) is -1.63. The van der Waals surface area contributed by atoms with Crippen LogP contribution in [-0.4, -0.2) is 45.7 Å². The number of carbonyl (C=O) groups is 2. The molecule has 3 unspecified atom stereocenters. The molecule has 0 spiro atoms. The highest BCUT2D eigenvalue weighted by atomic mass is 16.4. The van der Waals surface area contributed by atoms with Gasteiger partial charge in [0, 0.05) is 6.42 Å². The Morgan fingerprint density at radius 2 is 0.929 bits per heavy atom. The molecular formula is C37H70O5. The highest BCUT2D eigenvalue weighted by molar-refractivity contribution is 6.04. The summed E-state index contributed by atoms with van der Waals surface area (Å²) in [4.78, 5) is 25.8. The van der Waals surface area contributed by atoms with Crippen molar-refractivity contribution in [2.24, 2.45) is 5.92 Å². The Hall–Kier alpha value is -1.04. The Labute approximate surface area is 260 Å². The van der Waals surface area contributed by atoms with Gasteiger partial charge < -0.3 is 15.3 Å². The number of carbonyl (C=O) groups excluding carboxylic acids is 2. The summed E-state index contributed by atoms with van der Waals surface area (Å²) < 4.78 is 0. The standard InChI is InChI=1S/C37H70O5/c1-3-5-7-9-11-13-15-17-18-19-21-23-25-27-29-31-34(39)33(36(41)37(42)35(40)32-38)30-28-26-24-22-20-16-14-12-10-8-6-4-2/h14,16,33,35,37-38,40,42H,3-13,15,17-32H2,1-2H3/b16-14-. The van der Waals surface area contributed by atoms with Gasteiger partial charge in [-0.05, 0) is 38.5 Å². The molecule has 0 aliphatic carbocycles. The normalized spacial score (nSPS) is 13.9. The molecule has 248 valence electrons. The van der Waals surface area contributed by atoms with Gasteiger partial charge in [0.2, 0.25) is 0 Å². The zero-order valence-electron chi connectivity index (χ0n) is 27.8. The van der Waals surface area contributed by atoms with Crippen LogP contribution in [0.3, 0.4) is 0 Å². The first-order valence-corrected chi connectivity index (χ1v) is 18.2. The van der Waals surface area contributed by atoms with E-state index in [1.165, 1.54) is 103 Å². The highest BCUT2D eigenvalue weighted by Crippen LogP contribution is 2.20. The average Bonchev–Trinajstić information content (AvgIpc) is 3.00. The summed E-state index contributed by atoms with van der Waals surface area (Å²) in [6.07, 6.45) is 32.2. The molecule has 0 heterocycles. The van der Waals surface area contributed by atoms with E-state index < -0.39 is 30.5 Å². The van der Waals surface area contributed by atoms with E-state index in [0.717, 1.165) is 57.8 Å². The third-order valence-electron chi connectivity index (χ3n) is 8.61. The fourth-order valence-electron chi connectivity index (χ4n) is 5.69. The lowest BCUT2D eigenvalue weighted by molar-refractivity contribution is -0.144. The summed E-state index contributed by atoms with van der Waals surface area (Å²) in [7, 11) is 0. The van der Waals surface area contributed by atoms with E-state index >= 15 is 0 Å². The molecule has 0 aromatic rings. The van der Waals surface area contributed by atoms with Gasteiger partial charge >= 0.3 is 0 Å². The molecule has 42 heavy (non-hydrogen) atoms. The highest BCUT2D eigenvalue weighted by Gasteiger charge is 2.33. The Kier molecular flexibility index (Phi) is 30.6. The Bertz CT molecular complexity index is 632. The molecule has 3 N–H and O–H groups in total. The first-order valence-electron chi connectivity index (χ1n) is 18.2. The lowest BCUT2D eigenvalue weighted by atomic mass is 9.86. The summed E-state index contributed by atoms with van der Waals surface area (Å²) in [6, 6.07) is 0. The van der Waals surface area contributed by atoms with Crippen LogP contribution < -0.4 is 0 Å². The number of ketones is 2. The van der Waals surface area contributed by atoms with Gasteiger partial charge in [-0.15, -0.1) is 0 Å². The molecule has 0 rings (SSSR count). The molecule has 0 amide bonds. The largest absolute Gasteiger partial charge is 0.394 e. The third-order valence-corrected chi connectivity index (χ3v) is 8.61. The van der Waals surface area contributed by atoms with Crippen LogP contribution in [0, 0.1) is 5.92 Å². The fourth-order valence-corrected chi connectivity index (χ4v) is 5.69. The first kappa shape index (κ1) is 41.0. The van der Waals surface area contributed by atoms with Crippen molar-refractivity contribution in [3.8, 4) is 0 Å². The number of Topliss-reactive ketones (excluding diaryl/α,β-unsaturated/α-hetero) is 2. The second-order valence-corrected chi connectivity index (χ2v) is 12.6. The third kappa shape index (κ3) is 24.4. The van der Waals surface area contributed by atoms with Crippen LogP contribution in [0.2, 0.25) is 0 Å². The minimum absolute atomic E-state index is 0.120. The van der Waals surface area contributed by atoms with Gasteiger partial charge in [0.25, 0.3) is 0 Å². The van der Waals surface area contributed by atoms with Gasteiger partial charge in [0.05, 0.1) is 12.5 Å². The van der Waals surface area contributed by atoms with E-state index in [9.17, 15) is 19.8 Å². The summed E-state index contributed by atoms with van der Waals surface area (Å²) in [5.41, 5.74) is 0. The van der Waals surface area contributed by atoms with Crippen molar-refractivity contribution in [3.63, 3.8) is 0 Å². The van der Waals surface area contributed by atoms with Gasteiger partial charge in [-0.25, -0.2) is 0 Å². The van der Waals surface area contributed by atoms with Crippen LogP contribution in [0.25, 0.3) is 0 Å². The van der Waals surface area contributed by atoms with E-state index in [2.05, 4.69) is 26.0 Å². The summed E-state index contributed by atoms with van der Waals surface area (Å²) in [5, 5.41) is 29.1. The molecular weight excluding hydrogens is 524 g/mol. The monoisotopic (exact) mass is 595 g/mol. The number of rotatable bonds is 33. The molecule has 0 saturated carbocycles. The second kappa shape index (κ2) is 31.4. The van der Waals surface area contributed by atoms with Crippen molar-refractivity contribution in [2.45, 2.75) is 199 Å². The van der Waals surface area contributed by atoms with Crippen LogP contribution in [0.15, 0.2) is 12.2 Å². The van der Waals surface area contributed by atoms with Crippen LogP contribution in [0.1, 0.15) is 187 Å². The topological polar surface area (TPSA) is 94.8 Å². The molecule has 3 atom stereocenters. The SMILES string of the molecule is CCCCCC/C=C\CCCCCCC(C(=O)CCCCCCCCCCCCCCCCC)C(=O)C(O)C(O)CO. The molecule has 0 fully saturated rings. The average molecular weight is 595 g/mol. The van der Waals surface area contributed by atoms with Gasteiger partial charge in [0.1, 0.15) is 18.0 Å². The molecule has 0 aromatic heterocycles. The molecule has 0 aromatic carbocycles. The van der Waals surface area contributed by atoms with E-state index in [-0.39, 0.29) is 5.78 Å². The number of aliphatic hydroxyl groups excluding tert-OH is 3. The molecule has 5 nitrogen and oxygen atoms in total. The minimum Gasteiger partial charge on any atom is -0.394 e. The van der Waals surface area contributed by atoms with Crippen LogP contribution in [0.4, 0.5) is 0 Å². The lowest BCUT2D eigenvalue weighted by Gasteiger charge is -2.21. The lowest BCUT2D eigenvalue weighted by Crippen LogP contribution is -2.42. The predicted molar refractivity (Wildman–Crippen MR) is 178 cm³/mol. The quantitative estimate of drug-likeness (QED) is 0.0399. The number of unbranched alkanes of at least 4 members (excludes halogenated alkanes) is 22. The zero-order valence-corrected chi connectivity index (χ0v) is 27.8. The maximum Gasteiger partial charge on any atom is 0.174 e. The summed E-state index contributed by atoms with van der Waals surface area (Å²) >= 11 is 0. The van der Waals surface area contributed by atoms with Gasteiger partial charge in [-0.1, -0.05) is 154 Å². The maximum absolute atomic E-state index is 13.0. The number of aliphatic hydroxyl groups is 3. The van der Waals surface area contributed by atoms with Crippen molar-refractivity contribution in [3.05, 3.63) is 12.2 Å². The van der Waals surface area contributed by atoms with E-state index in [1.54, 1.807) is 0 Å². The van der Waals surface area contributed by atoms with Crippen LogP contribution >= 0.6 is 0 Å². The molecule has 0 radical (unpaired) electrons. The Morgan fingerprint density at radius 3 is 1.38 bits per heavy atom. The van der Waals surface area contributed by atoms with E-state index in [0.29, 0.717) is 12.8 Å². The van der Waals surface area contributed by atoms with E-state index in [1.807, 2.05) is 0 Å². The molecule has 5 heteroatoms. The fraction of sp³-hybridized carbons (Fsp3) is 0.892. The minimum atomic E-state index is -1.70. The molecule has 0 aliphatic rings. The van der Waals surface area contributed by atoms with Crippen LogP contribution in [-0.2, 0) is 9.59 Å². The molecule has 0 aliphatic heterocycles. The van der Waals surface area contributed by atoms with E-state index in [4.69, 9.17) is 5.11 Å². The number of hydrogen-bond acceptors (Lipinski definition) is 5. The number of allylic oxidation sites excluding steroid dienone is 2. The van der Waals surface area contributed by atoms with Crippen LogP contribution in [0.5, 0.6) is 0 Å². The van der Waals surface area contributed by atoms with Gasteiger partial charge in [-0.2, -0.15) is 0 Å². The zero-order chi connectivity index (χ0) is 31.1. The van der Waals surface area contributed by atoms with Crippen molar-refractivity contribution >= 4 is 11.6 Å². The smallest absolute Gasteiger partial charge is 0.174 e. The number of hydrogen-bond donors (Lipinski definition) is 3. The Morgan fingerprint density at radius 1 is 0.548 bits per heavy atom.